The Morgan fingerprint density at radius 2 is 1.91 bits per heavy atom. The third-order valence-electron chi connectivity index (χ3n) is 7.03. The fourth-order valence-electron chi connectivity index (χ4n) is 4.71. The Kier molecular flexibility index (Phi) is 7.20. The molecule has 0 saturated carbocycles. The molecule has 0 spiro atoms. The monoisotopic (exact) mass is 493 g/mol. The number of aryl methyl sites for hydroxylation is 4. The van der Waals surface area contributed by atoms with Gasteiger partial charge in [0.2, 0.25) is 0 Å². The molecule has 0 N–H and O–H groups in total. The van der Waals surface area contributed by atoms with Crippen molar-refractivity contribution in [3.8, 4) is 10.7 Å². The summed E-state index contributed by atoms with van der Waals surface area (Å²) in [5.74, 6) is 2.05. The van der Waals surface area contributed by atoms with Crippen LogP contribution in [0.1, 0.15) is 64.7 Å². The predicted octanol–water partition coefficient (Wildman–Crippen LogP) is 7.24. The molecule has 0 saturated heterocycles. The Morgan fingerprint density at radius 1 is 1.18 bits per heavy atom. The number of allylic oxidation sites excluding steroid dienone is 1. The molecular weight excluding hydrogens is 458 g/mol. The van der Waals surface area contributed by atoms with E-state index in [1.807, 2.05) is 30.4 Å². The van der Waals surface area contributed by atoms with Crippen molar-refractivity contribution in [2.24, 2.45) is 11.3 Å². The van der Waals surface area contributed by atoms with E-state index in [9.17, 15) is 4.79 Å². The van der Waals surface area contributed by atoms with E-state index in [1.54, 1.807) is 0 Å². The number of nitrogens with zero attached hydrogens (tertiary/aromatic N) is 3. The van der Waals surface area contributed by atoms with E-state index in [1.165, 1.54) is 34.2 Å². The first-order valence-electron chi connectivity index (χ1n) is 12.0. The summed E-state index contributed by atoms with van der Waals surface area (Å²) in [7, 11) is 0. The molecular formula is C28H35N3OS2. The number of carbonyl (C=O) groups is 1. The van der Waals surface area contributed by atoms with Crippen LogP contribution < -0.4 is 0 Å². The summed E-state index contributed by atoms with van der Waals surface area (Å²) in [6.07, 6.45) is 5.39. The fraction of sp³-hybridized carbons (Fsp3) is 0.464. The van der Waals surface area contributed by atoms with E-state index in [4.69, 9.17) is 0 Å². The van der Waals surface area contributed by atoms with Crippen LogP contribution in [0.4, 0.5) is 0 Å². The van der Waals surface area contributed by atoms with Crippen molar-refractivity contribution >= 4 is 28.9 Å². The average Bonchev–Trinajstić information content (AvgIpc) is 3.37. The molecule has 1 aliphatic rings. The Morgan fingerprint density at radius 3 is 2.62 bits per heavy atom. The minimum atomic E-state index is 0.125. The van der Waals surface area contributed by atoms with Crippen molar-refractivity contribution in [2.75, 3.05) is 5.75 Å². The molecule has 4 nitrogen and oxygen atoms in total. The number of aromatic nitrogens is 3. The minimum Gasteiger partial charge on any atom is -0.297 e. The maximum Gasteiger partial charge on any atom is 0.192 e. The van der Waals surface area contributed by atoms with E-state index in [2.05, 4.69) is 68.1 Å². The highest BCUT2D eigenvalue weighted by molar-refractivity contribution is 7.99. The zero-order valence-corrected chi connectivity index (χ0v) is 22.8. The molecule has 180 valence electrons. The van der Waals surface area contributed by atoms with Crippen LogP contribution in [0.25, 0.3) is 10.7 Å². The highest BCUT2D eigenvalue weighted by Crippen LogP contribution is 2.42. The quantitative estimate of drug-likeness (QED) is 0.198. The van der Waals surface area contributed by atoms with Crippen molar-refractivity contribution < 1.29 is 4.79 Å². The molecule has 3 aromatic rings. The second-order valence-corrected chi connectivity index (χ2v) is 12.6. The van der Waals surface area contributed by atoms with Gasteiger partial charge in [0.25, 0.3) is 0 Å². The SMILES string of the molecule is C=CCn1c(SCC(=O)c2cc(C)c(C)cc2C)nnc1-c1cc2c(s1)CC[C@@H](C(C)(C)C)C2. The van der Waals surface area contributed by atoms with Gasteiger partial charge in [-0.3, -0.25) is 9.36 Å². The average molecular weight is 494 g/mol. The van der Waals surface area contributed by atoms with Gasteiger partial charge in [0.05, 0.1) is 10.6 Å². The smallest absolute Gasteiger partial charge is 0.192 e. The first kappa shape index (κ1) is 24.9. The van der Waals surface area contributed by atoms with Crippen LogP contribution in [0, 0.1) is 32.1 Å². The Hall–Kier alpha value is -2.18. The van der Waals surface area contributed by atoms with Gasteiger partial charge < -0.3 is 0 Å². The van der Waals surface area contributed by atoms with Gasteiger partial charge in [0.1, 0.15) is 0 Å². The molecule has 0 fully saturated rings. The molecule has 0 unspecified atom stereocenters. The maximum atomic E-state index is 13.0. The highest BCUT2D eigenvalue weighted by atomic mass is 32.2. The lowest BCUT2D eigenvalue weighted by Gasteiger charge is -2.33. The van der Waals surface area contributed by atoms with Gasteiger partial charge in [-0.25, -0.2) is 0 Å². The second kappa shape index (κ2) is 9.82. The number of Topliss-reactive ketones (excluding diaryl/α,β-unsaturated/α-hetero) is 1. The number of carbonyl (C=O) groups excluding carboxylic acids is 1. The van der Waals surface area contributed by atoms with Crippen LogP contribution in [-0.2, 0) is 19.4 Å². The normalized spacial score (nSPS) is 15.9. The van der Waals surface area contributed by atoms with Crippen LogP contribution in [-0.4, -0.2) is 26.3 Å². The van der Waals surface area contributed by atoms with Crippen molar-refractivity contribution in [3.63, 3.8) is 0 Å². The van der Waals surface area contributed by atoms with E-state index < -0.39 is 0 Å². The van der Waals surface area contributed by atoms with Crippen LogP contribution >= 0.6 is 23.1 Å². The number of rotatable bonds is 7. The number of thioether (sulfide) groups is 1. The van der Waals surface area contributed by atoms with Crippen molar-refractivity contribution in [3.05, 3.63) is 63.5 Å². The van der Waals surface area contributed by atoms with Gasteiger partial charge in [0.15, 0.2) is 16.8 Å². The second-order valence-electron chi connectivity index (χ2n) is 10.5. The summed E-state index contributed by atoms with van der Waals surface area (Å²) in [5, 5.41) is 9.79. The summed E-state index contributed by atoms with van der Waals surface area (Å²) >= 11 is 3.31. The molecule has 1 aromatic carbocycles. The third-order valence-corrected chi connectivity index (χ3v) is 9.23. The third kappa shape index (κ3) is 5.08. The molecule has 0 amide bonds. The molecule has 0 bridgehead atoms. The minimum absolute atomic E-state index is 0.125. The zero-order valence-electron chi connectivity index (χ0n) is 21.2. The number of benzene rings is 1. The summed E-state index contributed by atoms with van der Waals surface area (Å²) in [5.41, 5.74) is 5.97. The van der Waals surface area contributed by atoms with Gasteiger partial charge in [-0.2, -0.15) is 0 Å². The van der Waals surface area contributed by atoms with E-state index >= 15 is 0 Å². The predicted molar refractivity (Wildman–Crippen MR) is 144 cm³/mol. The maximum absolute atomic E-state index is 13.0. The molecule has 34 heavy (non-hydrogen) atoms. The van der Waals surface area contributed by atoms with Crippen molar-refractivity contribution in [1.82, 2.24) is 14.8 Å². The number of thiophene rings is 1. The molecule has 6 heteroatoms. The lowest BCUT2D eigenvalue weighted by molar-refractivity contribution is 0.102. The van der Waals surface area contributed by atoms with Gasteiger partial charge in [0, 0.05) is 17.0 Å². The largest absolute Gasteiger partial charge is 0.297 e. The molecule has 4 rings (SSSR count). The van der Waals surface area contributed by atoms with E-state index in [-0.39, 0.29) is 5.78 Å². The molecule has 2 aromatic heterocycles. The highest BCUT2D eigenvalue weighted by Gasteiger charge is 2.30. The number of fused-ring (bicyclic) bond motifs is 1. The Balaban J connectivity index is 1.55. The van der Waals surface area contributed by atoms with Gasteiger partial charge in [-0.05, 0) is 85.8 Å². The fourth-order valence-corrected chi connectivity index (χ4v) is 6.75. The topological polar surface area (TPSA) is 47.8 Å². The Bertz CT molecular complexity index is 1230. The van der Waals surface area contributed by atoms with Crippen LogP contribution in [0.2, 0.25) is 0 Å². The van der Waals surface area contributed by atoms with E-state index in [0.29, 0.717) is 23.6 Å². The van der Waals surface area contributed by atoms with Gasteiger partial charge >= 0.3 is 0 Å². The lowest BCUT2D eigenvalue weighted by atomic mass is 9.72. The van der Waals surface area contributed by atoms with Crippen LogP contribution in [0.15, 0.2) is 36.0 Å². The van der Waals surface area contributed by atoms with Gasteiger partial charge in [-0.15, -0.1) is 28.1 Å². The molecule has 2 heterocycles. The standard InChI is InChI=1S/C28H35N3OS2/c1-8-11-31-26(25-15-20-14-21(28(5,6)7)9-10-24(20)34-25)29-30-27(31)33-16-23(32)22-13-18(3)17(2)12-19(22)4/h8,12-13,15,21H,1,9-11,14,16H2,2-7H3/t21-/m1/s1. The number of hydrogen-bond acceptors (Lipinski definition) is 5. The Labute approximate surface area is 211 Å². The van der Waals surface area contributed by atoms with E-state index in [0.717, 1.165) is 45.4 Å². The molecule has 0 radical (unpaired) electrons. The first-order chi connectivity index (χ1) is 16.1. The summed E-state index contributed by atoms with van der Waals surface area (Å²) in [4.78, 5) is 15.6. The summed E-state index contributed by atoms with van der Waals surface area (Å²) in [6, 6.07) is 6.42. The first-order valence-corrected chi connectivity index (χ1v) is 13.8. The van der Waals surface area contributed by atoms with Crippen molar-refractivity contribution in [1.29, 1.82) is 0 Å². The van der Waals surface area contributed by atoms with Crippen LogP contribution in [0.5, 0.6) is 0 Å². The molecule has 0 aliphatic heterocycles. The lowest BCUT2D eigenvalue weighted by Crippen LogP contribution is -2.26. The number of ketones is 1. The zero-order chi connectivity index (χ0) is 24.6. The summed E-state index contributed by atoms with van der Waals surface area (Å²) in [6.45, 7) is 17.7. The van der Waals surface area contributed by atoms with Crippen molar-refractivity contribution in [2.45, 2.75) is 72.5 Å². The number of hydrogen-bond donors (Lipinski definition) is 0. The van der Waals surface area contributed by atoms with Crippen LogP contribution in [0.3, 0.4) is 0 Å². The molecule has 1 aliphatic carbocycles. The molecule has 1 atom stereocenters. The van der Waals surface area contributed by atoms with Gasteiger partial charge in [-0.1, -0.05) is 44.7 Å². The summed E-state index contributed by atoms with van der Waals surface area (Å²) < 4.78 is 2.09.